The van der Waals surface area contributed by atoms with Gasteiger partial charge in [-0.1, -0.05) is 35.5 Å². The smallest absolute Gasteiger partial charge is 0.306 e. The molecule has 4 rings (SSSR count). The van der Waals surface area contributed by atoms with E-state index in [1.807, 2.05) is 59.2 Å². The number of carbonyl (C=O) groups is 2. The van der Waals surface area contributed by atoms with Crippen molar-refractivity contribution in [2.45, 2.75) is 19.8 Å². The molecule has 0 radical (unpaired) electrons. The van der Waals surface area contributed by atoms with Crippen LogP contribution in [0.5, 0.6) is 0 Å². The fraction of sp³-hybridized carbons (Fsp3) is 0.182. The third-order valence-corrected chi connectivity index (χ3v) is 4.46. The van der Waals surface area contributed by atoms with Crippen LogP contribution in [0.4, 0.5) is 5.82 Å². The predicted octanol–water partition coefficient (Wildman–Crippen LogP) is 3.44. The molecule has 0 unspecified atom stereocenters. The van der Waals surface area contributed by atoms with E-state index < -0.39 is 11.9 Å². The lowest BCUT2D eigenvalue weighted by molar-refractivity contribution is -0.147. The number of nitrogens with zero attached hydrogens (tertiary/aromatic N) is 3. The summed E-state index contributed by atoms with van der Waals surface area (Å²) in [6.07, 6.45) is 0.485. The van der Waals surface area contributed by atoms with Gasteiger partial charge in [0.2, 0.25) is 0 Å². The molecule has 8 heteroatoms. The first-order valence-corrected chi connectivity index (χ1v) is 9.51. The van der Waals surface area contributed by atoms with Crippen LogP contribution in [0.3, 0.4) is 0 Å². The fourth-order valence-corrected chi connectivity index (χ4v) is 3.15. The maximum atomic E-state index is 12.2. The summed E-state index contributed by atoms with van der Waals surface area (Å²) in [4.78, 5) is 28.7. The molecule has 2 aromatic heterocycles. The van der Waals surface area contributed by atoms with Crippen molar-refractivity contribution in [1.29, 1.82) is 0 Å². The fourth-order valence-electron chi connectivity index (χ4n) is 3.15. The zero-order valence-corrected chi connectivity index (χ0v) is 16.4. The van der Waals surface area contributed by atoms with E-state index in [1.165, 1.54) is 0 Å². The summed E-state index contributed by atoms with van der Waals surface area (Å²) in [5, 5.41) is 6.16. The summed E-state index contributed by atoms with van der Waals surface area (Å²) < 4.78 is 12.0. The molecule has 2 heterocycles. The first kappa shape index (κ1) is 19.4. The minimum atomic E-state index is -0.479. The molecule has 0 spiro atoms. The van der Waals surface area contributed by atoms with E-state index in [9.17, 15) is 9.59 Å². The number of aryl methyl sites for hydroxylation is 2. The number of hydrogen-bond acceptors (Lipinski definition) is 6. The van der Waals surface area contributed by atoms with Crippen molar-refractivity contribution in [1.82, 2.24) is 14.7 Å². The standard InChI is InChI=1S/C22H20N4O4/c1-15-13-19(25-30-15)24-21(27)14-29-22(28)12-11-20-23-17-9-5-6-10-18(17)26(20)16-7-3-2-4-8-16/h2-10,13H,11-12,14H2,1H3,(H,24,25,27). The predicted molar refractivity (Wildman–Crippen MR) is 110 cm³/mol. The molecule has 0 atom stereocenters. The Morgan fingerprint density at radius 2 is 1.87 bits per heavy atom. The summed E-state index contributed by atoms with van der Waals surface area (Å²) in [6.45, 7) is 1.32. The number of benzene rings is 2. The monoisotopic (exact) mass is 404 g/mol. The van der Waals surface area contributed by atoms with E-state index in [1.54, 1.807) is 13.0 Å². The molecule has 0 saturated heterocycles. The molecule has 2 aromatic carbocycles. The number of rotatable bonds is 7. The molecular formula is C22H20N4O4. The number of carbonyl (C=O) groups excluding carboxylic acids is 2. The maximum absolute atomic E-state index is 12.2. The van der Waals surface area contributed by atoms with Gasteiger partial charge in [-0.25, -0.2) is 4.98 Å². The Hall–Kier alpha value is -3.94. The molecule has 0 saturated carbocycles. The minimum absolute atomic E-state index is 0.104. The lowest BCUT2D eigenvalue weighted by Crippen LogP contribution is -2.21. The number of esters is 1. The molecule has 0 aliphatic heterocycles. The van der Waals surface area contributed by atoms with Gasteiger partial charge in [0.05, 0.1) is 17.5 Å². The molecule has 152 valence electrons. The molecular weight excluding hydrogens is 384 g/mol. The highest BCUT2D eigenvalue weighted by molar-refractivity contribution is 5.91. The largest absolute Gasteiger partial charge is 0.456 e. The number of para-hydroxylation sites is 3. The Morgan fingerprint density at radius 3 is 2.63 bits per heavy atom. The zero-order valence-electron chi connectivity index (χ0n) is 16.4. The van der Waals surface area contributed by atoms with Crippen molar-refractivity contribution in [3.8, 4) is 5.69 Å². The number of fused-ring (bicyclic) bond motifs is 1. The summed E-state index contributed by atoms with van der Waals surface area (Å²) in [5.74, 6) is 0.650. The zero-order chi connectivity index (χ0) is 20.9. The SMILES string of the molecule is Cc1cc(NC(=O)COC(=O)CCc2nc3ccccc3n2-c2ccccc2)no1. The van der Waals surface area contributed by atoms with Gasteiger partial charge in [-0.2, -0.15) is 0 Å². The van der Waals surface area contributed by atoms with Crippen LogP contribution in [0, 0.1) is 6.92 Å². The Kier molecular flexibility index (Phi) is 5.56. The Bertz CT molecular complexity index is 1180. The normalized spacial score (nSPS) is 10.8. The molecule has 0 fully saturated rings. The van der Waals surface area contributed by atoms with Crippen LogP contribution >= 0.6 is 0 Å². The van der Waals surface area contributed by atoms with Crippen LogP contribution in [0.25, 0.3) is 16.7 Å². The molecule has 8 nitrogen and oxygen atoms in total. The molecule has 0 aliphatic rings. The van der Waals surface area contributed by atoms with Crippen molar-refractivity contribution in [2.24, 2.45) is 0 Å². The van der Waals surface area contributed by atoms with Gasteiger partial charge in [0.25, 0.3) is 5.91 Å². The number of nitrogens with one attached hydrogen (secondary N) is 1. The van der Waals surface area contributed by atoms with Crippen molar-refractivity contribution >= 4 is 28.7 Å². The molecule has 4 aromatic rings. The van der Waals surface area contributed by atoms with Crippen LogP contribution in [0.2, 0.25) is 0 Å². The van der Waals surface area contributed by atoms with Gasteiger partial charge in [0.1, 0.15) is 11.6 Å². The maximum Gasteiger partial charge on any atom is 0.306 e. The van der Waals surface area contributed by atoms with Gasteiger partial charge in [-0.15, -0.1) is 0 Å². The van der Waals surface area contributed by atoms with Gasteiger partial charge < -0.3 is 14.6 Å². The number of hydrogen-bond donors (Lipinski definition) is 1. The molecule has 0 aliphatic carbocycles. The van der Waals surface area contributed by atoms with Crippen molar-refractivity contribution in [2.75, 3.05) is 11.9 Å². The highest BCUT2D eigenvalue weighted by atomic mass is 16.5. The van der Waals surface area contributed by atoms with Gasteiger partial charge in [-0.05, 0) is 31.2 Å². The van der Waals surface area contributed by atoms with E-state index >= 15 is 0 Å². The third-order valence-electron chi connectivity index (χ3n) is 4.46. The second-order valence-corrected chi connectivity index (χ2v) is 6.72. The summed E-state index contributed by atoms with van der Waals surface area (Å²) in [6, 6.07) is 19.2. The van der Waals surface area contributed by atoms with E-state index in [0.29, 0.717) is 12.2 Å². The quantitative estimate of drug-likeness (QED) is 0.474. The number of ether oxygens (including phenoxy) is 1. The van der Waals surface area contributed by atoms with Gasteiger partial charge in [0.15, 0.2) is 12.4 Å². The molecule has 1 N–H and O–H groups in total. The van der Waals surface area contributed by atoms with Crippen LogP contribution in [-0.2, 0) is 20.7 Å². The number of aromatic nitrogens is 3. The highest BCUT2D eigenvalue weighted by Gasteiger charge is 2.15. The molecule has 30 heavy (non-hydrogen) atoms. The third kappa shape index (κ3) is 4.38. The topological polar surface area (TPSA) is 99.2 Å². The summed E-state index contributed by atoms with van der Waals surface area (Å²) in [7, 11) is 0. The van der Waals surface area contributed by atoms with E-state index in [-0.39, 0.29) is 18.8 Å². The van der Waals surface area contributed by atoms with Crippen LogP contribution < -0.4 is 5.32 Å². The average molecular weight is 404 g/mol. The van der Waals surface area contributed by atoms with E-state index in [2.05, 4.69) is 15.5 Å². The first-order chi connectivity index (χ1) is 14.6. The minimum Gasteiger partial charge on any atom is -0.456 e. The second kappa shape index (κ2) is 8.60. The van der Waals surface area contributed by atoms with Crippen molar-refractivity contribution in [3.63, 3.8) is 0 Å². The lowest BCUT2D eigenvalue weighted by Gasteiger charge is -2.09. The summed E-state index contributed by atoms with van der Waals surface area (Å²) >= 11 is 0. The second-order valence-electron chi connectivity index (χ2n) is 6.72. The number of imidazole rings is 1. The van der Waals surface area contributed by atoms with Gasteiger partial charge in [0, 0.05) is 18.2 Å². The van der Waals surface area contributed by atoms with Crippen LogP contribution in [0.15, 0.2) is 65.2 Å². The van der Waals surface area contributed by atoms with Crippen LogP contribution in [0.1, 0.15) is 18.0 Å². The van der Waals surface area contributed by atoms with Crippen LogP contribution in [-0.4, -0.2) is 33.2 Å². The number of amides is 1. The highest BCUT2D eigenvalue weighted by Crippen LogP contribution is 2.22. The van der Waals surface area contributed by atoms with Crippen molar-refractivity contribution in [3.05, 3.63) is 72.2 Å². The summed E-state index contributed by atoms with van der Waals surface area (Å²) in [5.41, 5.74) is 2.79. The lowest BCUT2D eigenvalue weighted by atomic mass is 10.2. The molecule has 1 amide bonds. The van der Waals surface area contributed by atoms with E-state index in [0.717, 1.165) is 22.5 Å². The van der Waals surface area contributed by atoms with E-state index in [4.69, 9.17) is 9.26 Å². The molecule has 0 bridgehead atoms. The Labute approximate surface area is 172 Å². The van der Waals surface area contributed by atoms with Gasteiger partial charge in [-0.3, -0.25) is 14.2 Å². The number of anilines is 1. The Morgan fingerprint density at radius 1 is 1.10 bits per heavy atom. The van der Waals surface area contributed by atoms with Gasteiger partial charge >= 0.3 is 5.97 Å². The average Bonchev–Trinajstić information content (AvgIpc) is 3.34. The van der Waals surface area contributed by atoms with Crippen molar-refractivity contribution < 1.29 is 18.8 Å². The first-order valence-electron chi connectivity index (χ1n) is 9.51. The Balaban J connectivity index is 1.40.